The van der Waals surface area contributed by atoms with Crippen molar-refractivity contribution in [3.63, 3.8) is 0 Å². The molecule has 25 heavy (non-hydrogen) atoms. The van der Waals surface area contributed by atoms with Crippen molar-refractivity contribution in [3.05, 3.63) is 68.5 Å². The first-order chi connectivity index (χ1) is 12.0. The number of piperidine rings is 1. The largest absolute Gasteiger partial charge is 0.328 e. The molecule has 130 valence electrons. The van der Waals surface area contributed by atoms with Crippen molar-refractivity contribution < 1.29 is 0 Å². The van der Waals surface area contributed by atoms with E-state index in [9.17, 15) is 14.9 Å². The highest BCUT2D eigenvalue weighted by Crippen LogP contribution is 2.34. The molecule has 0 amide bonds. The summed E-state index contributed by atoms with van der Waals surface area (Å²) in [5.74, 6) is 0. The molecule has 0 aliphatic carbocycles. The van der Waals surface area contributed by atoms with Crippen LogP contribution in [0.25, 0.3) is 0 Å². The number of aryl methyl sites for hydroxylation is 1. The van der Waals surface area contributed by atoms with Gasteiger partial charge in [-0.1, -0.05) is 30.3 Å². The number of nitriles is 1. The topological polar surface area (TPSA) is 81.9 Å². The van der Waals surface area contributed by atoms with E-state index in [0.29, 0.717) is 18.8 Å². The minimum absolute atomic E-state index is 0.270. The van der Waals surface area contributed by atoms with Crippen LogP contribution in [0.3, 0.4) is 0 Å². The Labute approximate surface area is 146 Å². The molecule has 0 bridgehead atoms. The maximum Gasteiger partial charge on any atom is 0.328 e. The molecular formula is C19H22N4O2. The molecule has 1 aromatic carbocycles. The fraction of sp³-hybridized carbons (Fsp3) is 0.421. The summed E-state index contributed by atoms with van der Waals surface area (Å²) < 4.78 is 1.23. The summed E-state index contributed by atoms with van der Waals surface area (Å²) >= 11 is 0. The normalized spacial score (nSPS) is 17.1. The number of aromatic nitrogens is 2. The fourth-order valence-corrected chi connectivity index (χ4v) is 3.47. The van der Waals surface area contributed by atoms with Gasteiger partial charge in [0.15, 0.2) is 0 Å². The van der Waals surface area contributed by atoms with Gasteiger partial charge in [0.25, 0.3) is 5.56 Å². The van der Waals surface area contributed by atoms with E-state index in [1.807, 2.05) is 30.3 Å². The van der Waals surface area contributed by atoms with Crippen molar-refractivity contribution in [1.82, 2.24) is 14.5 Å². The highest BCUT2D eigenvalue weighted by molar-refractivity contribution is 5.33. The quantitative estimate of drug-likeness (QED) is 0.914. The van der Waals surface area contributed by atoms with E-state index in [1.54, 1.807) is 6.92 Å². The van der Waals surface area contributed by atoms with Gasteiger partial charge in [0.1, 0.15) is 0 Å². The van der Waals surface area contributed by atoms with Gasteiger partial charge < -0.3 is 9.88 Å². The van der Waals surface area contributed by atoms with Gasteiger partial charge in [-0.3, -0.25) is 9.36 Å². The van der Waals surface area contributed by atoms with Crippen LogP contribution in [-0.4, -0.2) is 34.1 Å². The van der Waals surface area contributed by atoms with Gasteiger partial charge in [-0.05, 0) is 25.3 Å². The van der Waals surface area contributed by atoms with E-state index in [4.69, 9.17) is 0 Å². The first kappa shape index (κ1) is 17.2. The Morgan fingerprint density at radius 1 is 1.16 bits per heavy atom. The number of benzene rings is 1. The second kappa shape index (κ2) is 7.08. The smallest absolute Gasteiger partial charge is 0.311 e. The third-order valence-corrected chi connectivity index (χ3v) is 5.05. The van der Waals surface area contributed by atoms with E-state index in [0.717, 1.165) is 31.5 Å². The molecule has 0 atom stereocenters. The summed E-state index contributed by atoms with van der Waals surface area (Å²) in [7, 11) is 0. The number of rotatable bonds is 4. The Bertz CT molecular complexity index is 853. The molecule has 1 aliphatic rings. The number of hydrogen-bond donors (Lipinski definition) is 1. The van der Waals surface area contributed by atoms with Crippen molar-refractivity contribution in [2.75, 3.05) is 19.6 Å². The van der Waals surface area contributed by atoms with Crippen LogP contribution in [0.5, 0.6) is 0 Å². The summed E-state index contributed by atoms with van der Waals surface area (Å²) in [5.41, 5.74) is 0.580. The zero-order valence-corrected chi connectivity index (χ0v) is 14.4. The molecule has 2 heterocycles. The minimum Gasteiger partial charge on any atom is -0.311 e. The lowest BCUT2D eigenvalue weighted by Crippen LogP contribution is -2.45. The zero-order chi connectivity index (χ0) is 17.9. The molecule has 0 spiro atoms. The lowest BCUT2D eigenvalue weighted by Gasteiger charge is -2.37. The molecule has 6 nitrogen and oxygen atoms in total. The van der Waals surface area contributed by atoms with Gasteiger partial charge in [-0.2, -0.15) is 5.26 Å². The lowest BCUT2D eigenvalue weighted by atomic mass is 9.74. The van der Waals surface area contributed by atoms with Crippen LogP contribution in [0.1, 0.15) is 24.1 Å². The number of hydrogen-bond acceptors (Lipinski definition) is 4. The third kappa shape index (κ3) is 3.57. The molecule has 1 fully saturated rings. The number of H-pyrrole nitrogens is 1. The van der Waals surface area contributed by atoms with Crippen molar-refractivity contribution in [2.24, 2.45) is 0 Å². The minimum atomic E-state index is -0.435. The summed E-state index contributed by atoms with van der Waals surface area (Å²) in [4.78, 5) is 28.7. The molecule has 6 heteroatoms. The van der Waals surface area contributed by atoms with Gasteiger partial charge in [0.2, 0.25) is 0 Å². The summed E-state index contributed by atoms with van der Waals surface area (Å²) in [6.45, 7) is 4.24. The van der Waals surface area contributed by atoms with Crippen molar-refractivity contribution in [3.8, 4) is 6.07 Å². The van der Waals surface area contributed by atoms with Crippen LogP contribution < -0.4 is 11.2 Å². The first-order valence-electron chi connectivity index (χ1n) is 8.54. The van der Waals surface area contributed by atoms with E-state index in [2.05, 4.69) is 16.0 Å². The average Bonchev–Trinajstić information content (AvgIpc) is 2.62. The number of nitrogens with one attached hydrogen (secondary N) is 1. The second-order valence-electron chi connectivity index (χ2n) is 6.65. The Balaban J connectivity index is 1.65. The lowest BCUT2D eigenvalue weighted by molar-refractivity contribution is 0.179. The van der Waals surface area contributed by atoms with Crippen molar-refractivity contribution in [1.29, 1.82) is 5.26 Å². The average molecular weight is 338 g/mol. The third-order valence-electron chi connectivity index (χ3n) is 5.05. The Morgan fingerprint density at radius 2 is 1.84 bits per heavy atom. The summed E-state index contributed by atoms with van der Waals surface area (Å²) in [6, 6.07) is 13.9. The van der Waals surface area contributed by atoms with Crippen LogP contribution in [-0.2, 0) is 12.0 Å². The van der Waals surface area contributed by atoms with Crippen LogP contribution >= 0.6 is 0 Å². The highest BCUT2D eigenvalue weighted by atomic mass is 16.2. The van der Waals surface area contributed by atoms with Gasteiger partial charge >= 0.3 is 5.69 Å². The van der Waals surface area contributed by atoms with E-state index >= 15 is 0 Å². The van der Waals surface area contributed by atoms with Crippen LogP contribution in [0.15, 0.2) is 46.0 Å². The molecule has 1 N–H and O–H groups in total. The summed E-state index contributed by atoms with van der Waals surface area (Å²) in [5, 5.41) is 9.73. The first-order valence-corrected chi connectivity index (χ1v) is 8.54. The van der Waals surface area contributed by atoms with Crippen LogP contribution in [0.2, 0.25) is 0 Å². The Hall–Kier alpha value is -2.65. The number of nitrogens with zero attached hydrogens (tertiary/aromatic N) is 3. The van der Waals surface area contributed by atoms with E-state index in [-0.39, 0.29) is 11.2 Å². The van der Waals surface area contributed by atoms with Crippen molar-refractivity contribution >= 4 is 0 Å². The molecule has 0 radical (unpaired) electrons. The molecule has 0 unspecified atom stereocenters. The van der Waals surface area contributed by atoms with Crippen LogP contribution in [0.4, 0.5) is 0 Å². The molecular weight excluding hydrogens is 316 g/mol. The fourth-order valence-electron chi connectivity index (χ4n) is 3.47. The Kier molecular flexibility index (Phi) is 4.86. The second-order valence-corrected chi connectivity index (χ2v) is 6.65. The molecule has 1 saturated heterocycles. The molecule has 2 aromatic rings. The molecule has 3 rings (SSSR count). The Morgan fingerprint density at radius 3 is 2.44 bits per heavy atom. The maximum absolute atomic E-state index is 11.9. The monoisotopic (exact) mass is 338 g/mol. The standard InChI is InChI=1S/C19H22N4O2/c1-15-13-17(24)23(18(25)21-15)12-11-22-9-7-19(14-20,8-10-22)16-5-3-2-4-6-16/h2-6,13H,7-12H2,1H3,(H,21,25). The van der Waals surface area contributed by atoms with E-state index in [1.165, 1.54) is 10.6 Å². The van der Waals surface area contributed by atoms with Crippen molar-refractivity contribution in [2.45, 2.75) is 31.7 Å². The predicted octanol–water partition coefficient (Wildman–Crippen LogP) is 1.40. The SMILES string of the molecule is Cc1cc(=O)n(CCN2CCC(C#N)(c3ccccc3)CC2)c(=O)[nH]1. The highest BCUT2D eigenvalue weighted by Gasteiger charge is 2.36. The number of likely N-dealkylation sites (tertiary alicyclic amines) is 1. The van der Waals surface area contributed by atoms with Gasteiger partial charge in [0, 0.05) is 37.9 Å². The molecule has 1 aliphatic heterocycles. The molecule has 1 aromatic heterocycles. The predicted molar refractivity (Wildman–Crippen MR) is 95.5 cm³/mol. The summed E-state index contributed by atoms with van der Waals surface area (Å²) in [6.07, 6.45) is 1.51. The van der Waals surface area contributed by atoms with E-state index < -0.39 is 5.41 Å². The van der Waals surface area contributed by atoms with Crippen LogP contribution in [0, 0.1) is 18.3 Å². The van der Waals surface area contributed by atoms with Gasteiger partial charge in [0.05, 0.1) is 11.5 Å². The zero-order valence-electron chi connectivity index (χ0n) is 14.4. The maximum atomic E-state index is 11.9. The van der Waals surface area contributed by atoms with Gasteiger partial charge in [-0.15, -0.1) is 0 Å². The van der Waals surface area contributed by atoms with Gasteiger partial charge in [-0.25, -0.2) is 4.79 Å². The number of aromatic amines is 1. The molecule has 0 saturated carbocycles.